The summed E-state index contributed by atoms with van der Waals surface area (Å²) in [4.78, 5) is 23.7. The standard InChI is InChI=1S/C20H24N2O6S/c1-15(2)22(3)29(25,26)18-11-9-16(10-12-18)21-19(23)13-28-20(24)14-27-17-7-5-4-6-8-17/h4-12,15H,13-14H2,1-3H3,(H,21,23). The molecule has 0 saturated carbocycles. The van der Waals surface area contributed by atoms with E-state index in [1.807, 2.05) is 6.07 Å². The van der Waals surface area contributed by atoms with Crippen molar-refractivity contribution in [2.24, 2.45) is 0 Å². The van der Waals surface area contributed by atoms with Crippen LogP contribution in [0.3, 0.4) is 0 Å². The first-order valence-corrected chi connectivity index (χ1v) is 10.4. The van der Waals surface area contributed by atoms with Crippen LogP contribution < -0.4 is 10.1 Å². The fourth-order valence-electron chi connectivity index (χ4n) is 2.20. The minimum atomic E-state index is -3.60. The lowest BCUT2D eigenvalue weighted by molar-refractivity contribution is -0.149. The van der Waals surface area contributed by atoms with Crippen LogP contribution in [-0.4, -0.2) is 50.9 Å². The third kappa shape index (κ3) is 6.58. The van der Waals surface area contributed by atoms with E-state index in [4.69, 9.17) is 9.47 Å². The van der Waals surface area contributed by atoms with Gasteiger partial charge in [-0.15, -0.1) is 0 Å². The third-order valence-corrected chi connectivity index (χ3v) is 6.05. The molecule has 0 unspecified atom stereocenters. The lowest BCUT2D eigenvalue weighted by atomic mass is 10.3. The van der Waals surface area contributed by atoms with Crippen LogP contribution in [0.1, 0.15) is 13.8 Å². The Bertz CT molecular complexity index is 927. The highest BCUT2D eigenvalue weighted by atomic mass is 32.2. The summed E-state index contributed by atoms with van der Waals surface area (Å²) in [6.45, 7) is 2.76. The number of ether oxygens (including phenoxy) is 2. The average Bonchev–Trinajstić information content (AvgIpc) is 2.71. The van der Waals surface area contributed by atoms with E-state index in [1.54, 1.807) is 38.1 Å². The maximum Gasteiger partial charge on any atom is 0.344 e. The number of amides is 1. The molecule has 0 aromatic heterocycles. The Morgan fingerprint density at radius 3 is 2.21 bits per heavy atom. The number of nitrogens with zero attached hydrogens (tertiary/aromatic N) is 1. The molecule has 0 bridgehead atoms. The SMILES string of the molecule is CC(C)N(C)S(=O)(=O)c1ccc(NC(=O)COC(=O)COc2ccccc2)cc1. The number of esters is 1. The first-order valence-electron chi connectivity index (χ1n) is 8.91. The first kappa shape index (κ1) is 22.4. The number of benzene rings is 2. The molecule has 156 valence electrons. The van der Waals surface area contributed by atoms with E-state index in [-0.39, 0.29) is 17.5 Å². The van der Waals surface area contributed by atoms with Gasteiger partial charge in [0, 0.05) is 18.8 Å². The van der Waals surface area contributed by atoms with Gasteiger partial charge in [0.25, 0.3) is 5.91 Å². The van der Waals surface area contributed by atoms with Crippen LogP contribution in [0.4, 0.5) is 5.69 Å². The van der Waals surface area contributed by atoms with Gasteiger partial charge in [-0.3, -0.25) is 4.79 Å². The Hall–Kier alpha value is -2.91. The van der Waals surface area contributed by atoms with Crippen molar-refractivity contribution in [3.63, 3.8) is 0 Å². The Kier molecular flexibility index (Phi) is 7.74. The van der Waals surface area contributed by atoms with Crippen molar-refractivity contribution in [3.05, 3.63) is 54.6 Å². The van der Waals surface area contributed by atoms with Gasteiger partial charge in [-0.2, -0.15) is 4.31 Å². The zero-order chi connectivity index (χ0) is 21.4. The second kappa shape index (κ2) is 10.0. The minimum absolute atomic E-state index is 0.121. The third-order valence-electron chi connectivity index (χ3n) is 4.01. The maximum absolute atomic E-state index is 12.4. The highest BCUT2D eigenvalue weighted by Crippen LogP contribution is 2.19. The van der Waals surface area contributed by atoms with Crippen LogP contribution in [0.25, 0.3) is 0 Å². The summed E-state index contributed by atoms with van der Waals surface area (Å²) < 4.78 is 36.2. The largest absolute Gasteiger partial charge is 0.482 e. The monoisotopic (exact) mass is 420 g/mol. The number of hydrogen-bond acceptors (Lipinski definition) is 6. The van der Waals surface area contributed by atoms with E-state index in [0.717, 1.165) is 0 Å². The van der Waals surface area contributed by atoms with Gasteiger partial charge < -0.3 is 14.8 Å². The van der Waals surface area contributed by atoms with E-state index >= 15 is 0 Å². The van der Waals surface area contributed by atoms with Gasteiger partial charge in [0.05, 0.1) is 4.90 Å². The molecule has 9 heteroatoms. The number of hydrogen-bond donors (Lipinski definition) is 1. The lowest BCUT2D eigenvalue weighted by Gasteiger charge is -2.21. The number of nitrogens with one attached hydrogen (secondary N) is 1. The van der Waals surface area contributed by atoms with Crippen molar-refractivity contribution in [1.82, 2.24) is 4.31 Å². The smallest absolute Gasteiger partial charge is 0.344 e. The molecular formula is C20H24N2O6S. The van der Waals surface area contributed by atoms with Crippen LogP contribution in [0.15, 0.2) is 59.5 Å². The highest BCUT2D eigenvalue weighted by molar-refractivity contribution is 7.89. The Labute approximate surface area is 170 Å². The average molecular weight is 420 g/mol. The van der Waals surface area contributed by atoms with Crippen molar-refractivity contribution in [3.8, 4) is 5.75 Å². The van der Waals surface area contributed by atoms with Crippen LogP contribution in [-0.2, 0) is 24.3 Å². The van der Waals surface area contributed by atoms with Gasteiger partial charge in [-0.25, -0.2) is 13.2 Å². The molecular weight excluding hydrogens is 396 g/mol. The Morgan fingerprint density at radius 1 is 1.00 bits per heavy atom. The topological polar surface area (TPSA) is 102 Å². The van der Waals surface area contributed by atoms with Gasteiger partial charge in [0.15, 0.2) is 13.2 Å². The van der Waals surface area contributed by atoms with Crippen molar-refractivity contribution < 1.29 is 27.5 Å². The lowest BCUT2D eigenvalue weighted by Crippen LogP contribution is -2.33. The predicted molar refractivity (Wildman–Crippen MR) is 108 cm³/mol. The molecule has 29 heavy (non-hydrogen) atoms. The molecule has 0 radical (unpaired) electrons. The molecule has 0 fully saturated rings. The quantitative estimate of drug-likeness (QED) is 0.625. The van der Waals surface area contributed by atoms with E-state index in [0.29, 0.717) is 11.4 Å². The van der Waals surface area contributed by atoms with Gasteiger partial charge in [-0.1, -0.05) is 18.2 Å². The number of carbonyl (C=O) groups excluding carboxylic acids is 2. The fraction of sp³-hybridized carbons (Fsp3) is 0.300. The van der Waals surface area contributed by atoms with Crippen LogP contribution in [0.2, 0.25) is 0 Å². The first-order chi connectivity index (χ1) is 13.7. The Morgan fingerprint density at radius 2 is 1.62 bits per heavy atom. The summed E-state index contributed by atoms with van der Waals surface area (Å²) in [6, 6.07) is 14.3. The van der Waals surface area contributed by atoms with Crippen molar-refractivity contribution in [2.45, 2.75) is 24.8 Å². The molecule has 0 spiro atoms. The van der Waals surface area contributed by atoms with Crippen LogP contribution in [0.5, 0.6) is 5.75 Å². The summed E-state index contributed by atoms with van der Waals surface area (Å²) in [5.74, 6) is -0.706. The van der Waals surface area contributed by atoms with E-state index in [2.05, 4.69) is 5.32 Å². The Balaban J connectivity index is 1.82. The molecule has 0 heterocycles. The summed E-state index contributed by atoms with van der Waals surface area (Å²) >= 11 is 0. The fourth-order valence-corrected chi connectivity index (χ4v) is 3.57. The molecule has 0 saturated heterocycles. The number of para-hydroxylation sites is 1. The molecule has 1 N–H and O–H groups in total. The summed E-state index contributed by atoms with van der Waals surface area (Å²) in [7, 11) is -2.09. The molecule has 2 rings (SSSR count). The van der Waals surface area contributed by atoms with Crippen molar-refractivity contribution >= 4 is 27.6 Å². The molecule has 2 aromatic rings. The van der Waals surface area contributed by atoms with Crippen LogP contribution in [0, 0.1) is 0 Å². The van der Waals surface area contributed by atoms with Crippen molar-refractivity contribution in [1.29, 1.82) is 0 Å². The predicted octanol–water partition coefficient (Wildman–Crippen LogP) is 2.28. The number of sulfonamides is 1. The second-order valence-electron chi connectivity index (χ2n) is 6.45. The van der Waals surface area contributed by atoms with E-state index in [1.165, 1.54) is 35.6 Å². The normalized spacial score (nSPS) is 11.3. The van der Waals surface area contributed by atoms with E-state index < -0.39 is 28.5 Å². The van der Waals surface area contributed by atoms with E-state index in [9.17, 15) is 18.0 Å². The zero-order valence-corrected chi connectivity index (χ0v) is 17.3. The number of anilines is 1. The summed E-state index contributed by atoms with van der Waals surface area (Å²) in [5.41, 5.74) is 0.387. The second-order valence-corrected chi connectivity index (χ2v) is 8.45. The van der Waals surface area contributed by atoms with Gasteiger partial charge in [0.2, 0.25) is 10.0 Å². The van der Waals surface area contributed by atoms with Gasteiger partial charge >= 0.3 is 5.97 Å². The van der Waals surface area contributed by atoms with Gasteiger partial charge in [-0.05, 0) is 50.2 Å². The van der Waals surface area contributed by atoms with Crippen LogP contribution >= 0.6 is 0 Å². The molecule has 0 aliphatic rings. The molecule has 1 amide bonds. The van der Waals surface area contributed by atoms with Crippen molar-refractivity contribution in [2.75, 3.05) is 25.6 Å². The molecule has 0 aliphatic carbocycles. The zero-order valence-electron chi connectivity index (χ0n) is 16.5. The molecule has 0 atom stereocenters. The maximum atomic E-state index is 12.4. The molecule has 2 aromatic carbocycles. The molecule has 0 aliphatic heterocycles. The highest BCUT2D eigenvalue weighted by Gasteiger charge is 2.22. The summed E-state index contributed by atoms with van der Waals surface area (Å²) in [6.07, 6.45) is 0. The molecule has 8 nitrogen and oxygen atoms in total. The number of carbonyl (C=O) groups is 2. The van der Waals surface area contributed by atoms with Gasteiger partial charge in [0.1, 0.15) is 5.75 Å². The number of rotatable bonds is 9. The minimum Gasteiger partial charge on any atom is -0.482 e. The summed E-state index contributed by atoms with van der Waals surface area (Å²) in [5, 5.41) is 2.54.